The molecule has 0 aliphatic carbocycles. The first-order valence-electron chi connectivity index (χ1n) is 6.65. The van der Waals surface area contributed by atoms with Crippen molar-refractivity contribution >= 4 is 22.7 Å². The number of carbonyl (C=O) groups is 2. The van der Waals surface area contributed by atoms with E-state index in [0.717, 1.165) is 0 Å². The minimum Gasteiger partial charge on any atom is -0.496 e. The van der Waals surface area contributed by atoms with Gasteiger partial charge in [0.25, 0.3) is 0 Å². The molecule has 0 saturated carbocycles. The molecule has 2 aromatic carbocycles. The molecule has 3 aromatic rings. The second kappa shape index (κ2) is 5.37. The van der Waals surface area contributed by atoms with E-state index in [4.69, 9.17) is 4.74 Å². The molecule has 2 N–H and O–H groups in total. The van der Waals surface area contributed by atoms with Crippen molar-refractivity contribution in [1.82, 2.24) is 4.98 Å². The summed E-state index contributed by atoms with van der Waals surface area (Å²) >= 11 is 0. The molecular weight excluding hydrogens is 282 g/mol. The summed E-state index contributed by atoms with van der Waals surface area (Å²) in [5.41, 5.74) is 0.960. The number of hydrogen-bond acceptors (Lipinski definition) is 3. The van der Waals surface area contributed by atoms with Gasteiger partial charge in [-0.2, -0.15) is 0 Å². The molecule has 0 atom stereocenters. The molecule has 22 heavy (non-hydrogen) atoms. The van der Waals surface area contributed by atoms with Gasteiger partial charge in [0.15, 0.2) is 0 Å². The molecule has 0 amide bonds. The number of H-pyrrole nitrogens is 1. The summed E-state index contributed by atoms with van der Waals surface area (Å²) in [6, 6.07) is 13.7. The summed E-state index contributed by atoms with van der Waals surface area (Å²) in [5, 5.41) is 9.98. The average Bonchev–Trinajstić information content (AvgIpc) is 2.93. The fourth-order valence-corrected chi connectivity index (χ4v) is 2.50. The number of ether oxygens (including phenoxy) is 1. The Bertz CT molecular complexity index is 879. The Kier molecular flexibility index (Phi) is 3.39. The summed E-state index contributed by atoms with van der Waals surface area (Å²) in [7, 11) is 1.47. The molecule has 0 aliphatic rings. The van der Waals surface area contributed by atoms with Crippen molar-refractivity contribution in [3.05, 3.63) is 65.4 Å². The number of aromatic amines is 1. The molecule has 110 valence electrons. The van der Waals surface area contributed by atoms with Gasteiger partial charge in [-0.15, -0.1) is 0 Å². The second-order valence-electron chi connectivity index (χ2n) is 4.76. The van der Waals surface area contributed by atoms with Gasteiger partial charge in [0.2, 0.25) is 5.78 Å². The normalized spacial score (nSPS) is 10.6. The highest BCUT2D eigenvalue weighted by Gasteiger charge is 2.25. The summed E-state index contributed by atoms with van der Waals surface area (Å²) in [6.45, 7) is 0. The maximum Gasteiger partial charge on any atom is 0.338 e. The average molecular weight is 295 g/mol. The van der Waals surface area contributed by atoms with Crippen molar-refractivity contribution in [2.24, 2.45) is 0 Å². The Balaban J connectivity index is 2.23. The van der Waals surface area contributed by atoms with Crippen molar-refractivity contribution in [1.29, 1.82) is 0 Å². The number of nitrogens with one attached hydrogen (secondary N) is 1. The van der Waals surface area contributed by atoms with E-state index in [2.05, 4.69) is 4.98 Å². The van der Waals surface area contributed by atoms with Gasteiger partial charge < -0.3 is 14.8 Å². The Hall–Kier alpha value is -3.08. The van der Waals surface area contributed by atoms with E-state index >= 15 is 0 Å². The molecular formula is C17H13NO4. The van der Waals surface area contributed by atoms with Gasteiger partial charge in [-0.05, 0) is 18.2 Å². The van der Waals surface area contributed by atoms with E-state index in [1.807, 2.05) is 0 Å². The van der Waals surface area contributed by atoms with E-state index in [0.29, 0.717) is 22.2 Å². The molecule has 0 aliphatic heterocycles. The van der Waals surface area contributed by atoms with Crippen LogP contribution in [0.25, 0.3) is 10.9 Å². The fraction of sp³-hybridized carbons (Fsp3) is 0.0588. The van der Waals surface area contributed by atoms with Crippen LogP contribution in [-0.2, 0) is 0 Å². The van der Waals surface area contributed by atoms with Gasteiger partial charge in [-0.1, -0.05) is 30.3 Å². The topological polar surface area (TPSA) is 79.4 Å². The number of fused-ring (bicyclic) bond motifs is 1. The Morgan fingerprint density at radius 3 is 2.45 bits per heavy atom. The van der Waals surface area contributed by atoms with Gasteiger partial charge >= 0.3 is 5.97 Å². The predicted molar refractivity (Wildman–Crippen MR) is 81.7 cm³/mol. The van der Waals surface area contributed by atoms with Gasteiger partial charge in [0.1, 0.15) is 11.4 Å². The fourth-order valence-electron chi connectivity index (χ4n) is 2.50. The number of methoxy groups -OCH3 is 1. The summed E-state index contributed by atoms with van der Waals surface area (Å²) < 4.78 is 5.18. The van der Waals surface area contributed by atoms with Crippen LogP contribution in [-0.4, -0.2) is 29.0 Å². The van der Waals surface area contributed by atoms with Gasteiger partial charge in [0.05, 0.1) is 18.2 Å². The minimum absolute atomic E-state index is 0.0218. The highest BCUT2D eigenvalue weighted by atomic mass is 16.5. The lowest BCUT2D eigenvalue weighted by molar-refractivity contribution is 0.0695. The van der Waals surface area contributed by atoms with Crippen molar-refractivity contribution in [2.75, 3.05) is 7.11 Å². The minimum atomic E-state index is -1.14. The lowest BCUT2D eigenvalue weighted by Gasteiger charge is -2.06. The number of rotatable bonds is 4. The van der Waals surface area contributed by atoms with E-state index in [1.165, 1.54) is 7.11 Å². The molecule has 0 fully saturated rings. The molecule has 5 nitrogen and oxygen atoms in total. The van der Waals surface area contributed by atoms with Gasteiger partial charge in [0, 0.05) is 10.9 Å². The summed E-state index contributed by atoms with van der Waals surface area (Å²) in [5.74, 6) is -1.15. The number of hydrogen-bond donors (Lipinski definition) is 2. The molecule has 1 aromatic heterocycles. The van der Waals surface area contributed by atoms with E-state index in [-0.39, 0.29) is 11.3 Å². The molecule has 1 heterocycles. The van der Waals surface area contributed by atoms with Crippen LogP contribution in [0.15, 0.2) is 48.5 Å². The van der Waals surface area contributed by atoms with Crippen LogP contribution >= 0.6 is 0 Å². The Morgan fingerprint density at radius 1 is 1.05 bits per heavy atom. The lowest BCUT2D eigenvalue weighted by Crippen LogP contribution is -2.10. The first-order valence-corrected chi connectivity index (χ1v) is 6.65. The van der Waals surface area contributed by atoms with Crippen molar-refractivity contribution < 1.29 is 19.4 Å². The second-order valence-corrected chi connectivity index (χ2v) is 4.76. The van der Waals surface area contributed by atoms with Crippen LogP contribution in [0.5, 0.6) is 5.75 Å². The van der Waals surface area contributed by atoms with E-state index in [9.17, 15) is 14.7 Å². The summed E-state index contributed by atoms with van der Waals surface area (Å²) in [4.78, 5) is 27.2. The van der Waals surface area contributed by atoms with Crippen LogP contribution in [0.1, 0.15) is 26.4 Å². The number of carboxylic acids is 1. The summed E-state index contributed by atoms with van der Waals surface area (Å²) in [6.07, 6.45) is 0. The standard InChI is InChI=1S/C17H13NO4/c1-22-13-9-5-3-7-11(13)16(19)15-14(17(20)21)10-6-2-4-8-12(10)18-15/h2-9,18H,1H3,(H,20,21). The highest BCUT2D eigenvalue weighted by Crippen LogP contribution is 2.27. The third kappa shape index (κ3) is 2.13. The zero-order valence-electron chi connectivity index (χ0n) is 11.8. The first-order chi connectivity index (χ1) is 10.6. The smallest absolute Gasteiger partial charge is 0.338 e. The number of carboxylic acid groups (broad SMARTS) is 1. The molecule has 0 unspecified atom stereocenters. The van der Waals surface area contributed by atoms with Crippen LogP contribution in [0.4, 0.5) is 0 Å². The molecule has 0 saturated heterocycles. The van der Waals surface area contributed by atoms with Crippen LogP contribution in [0, 0.1) is 0 Å². The maximum atomic E-state index is 12.7. The van der Waals surface area contributed by atoms with Crippen LogP contribution in [0.2, 0.25) is 0 Å². The predicted octanol–water partition coefficient (Wildman–Crippen LogP) is 3.11. The number of aromatic nitrogens is 1. The van der Waals surface area contributed by atoms with Crippen LogP contribution in [0.3, 0.4) is 0 Å². The van der Waals surface area contributed by atoms with Crippen molar-refractivity contribution in [3.63, 3.8) is 0 Å². The SMILES string of the molecule is COc1ccccc1C(=O)c1[nH]c2ccccc2c1C(=O)O. The number of benzene rings is 2. The van der Waals surface area contributed by atoms with Crippen molar-refractivity contribution in [2.45, 2.75) is 0 Å². The molecule has 3 rings (SSSR count). The number of aromatic carboxylic acids is 1. The first kappa shape index (κ1) is 13.9. The van der Waals surface area contributed by atoms with Crippen LogP contribution < -0.4 is 4.74 Å². The number of carbonyl (C=O) groups excluding carboxylic acids is 1. The molecule has 0 spiro atoms. The van der Waals surface area contributed by atoms with Gasteiger partial charge in [-0.3, -0.25) is 4.79 Å². The van der Waals surface area contributed by atoms with E-state index in [1.54, 1.807) is 48.5 Å². The highest BCUT2D eigenvalue weighted by molar-refractivity contribution is 6.19. The maximum absolute atomic E-state index is 12.7. The Labute approximate surface area is 126 Å². The third-order valence-corrected chi connectivity index (χ3v) is 3.50. The molecule has 5 heteroatoms. The van der Waals surface area contributed by atoms with E-state index < -0.39 is 11.8 Å². The largest absolute Gasteiger partial charge is 0.496 e. The van der Waals surface area contributed by atoms with Crippen molar-refractivity contribution in [3.8, 4) is 5.75 Å². The number of para-hydroxylation sites is 2. The monoisotopic (exact) mass is 295 g/mol. The number of ketones is 1. The molecule has 0 radical (unpaired) electrons. The molecule has 0 bridgehead atoms. The zero-order chi connectivity index (χ0) is 15.7. The Morgan fingerprint density at radius 2 is 1.73 bits per heavy atom. The van der Waals surface area contributed by atoms with Gasteiger partial charge in [-0.25, -0.2) is 4.79 Å². The lowest BCUT2D eigenvalue weighted by atomic mass is 10.0. The third-order valence-electron chi connectivity index (χ3n) is 3.50. The quantitative estimate of drug-likeness (QED) is 0.725. The zero-order valence-corrected chi connectivity index (χ0v) is 11.8.